The molecule has 0 bridgehead atoms. The second-order valence-corrected chi connectivity index (χ2v) is 3.25. The number of rotatable bonds is 5. The number of nitrogens with one attached hydrogen (secondary N) is 1. The quantitative estimate of drug-likeness (QED) is 0.705. The molecule has 0 aromatic carbocycles. The third-order valence-electron chi connectivity index (χ3n) is 2.06. The van der Waals surface area contributed by atoms with Gasteiger partial charge in [0.2, 0.25) is 5.91 Å². The number of hydrogen-bond acceptors (Lipinski definition) is 2. The highest BCUT2D eigenvalue weighted by Gasteiger charge is 2.14. The van der Waals surface area contributed by atoms with Crippen LogP contribution in [0.3, 0.4) is 0 Å². The average Bonchev–Trinajstić information content (AvgIpc) is 2.15. The Morgan fingerprint density at radius 1 is 1.54 bits per heavy atom. The molecule has 13 heavy (non-hydrogen) atoms. The molecule has 0 radical (unpaired) electrons. The van der Waals surface area contributed by atoms with E-state index in [1.807, 2.05) is 13.0 Å². The van der Waals surface area contributed by atoms with Gasteiger partial charge in [-0.15, -0.1) is 0 Å². The predicted molar refractivity (Wildman–Crippen MR) is 51.9 cm³/mol. The highest BCUT2D eigenvalue weighted by molar-refractivity contribution is 5.80. The van der Waals surface area contributed by atoms with Crippen LogP contribution in [0.1, 0.15) is 40.0 Å². The Kier molecular flexibility index (Phi) is 5.96. The molecule has 3 heteroatoms. The molecule has 0 saturated carbocycles. The Labute approximate surface area is 80.1 Å². The van der Waals surface area contributed by atoms with Crippen molar-refractivity contribution in [2.24, 2.45) is 5.92 Å². The van der Waals surface area contributed by atoms with Gasteiger partial charge in [-0.2, -0.15) is 5.26 Å². The maximum absolute atomic E-state index is 11.3. The molecule has 0 aliphatic carbocycles. The van der Waals surface area contributed by atoms with Crippen LogP contribution in [0.15, 0.2) is 0 Å². The monoisotopic (exact) mass is 182 g/mol. The summed E-state index contributed by atoms with van der Waals surface area (Å²) in [5, 5.41) is 11.4. The Morgan fingerprint density at radius 2 is 2.15 bits per heavy atom. The summed E-state index contributed by atoms with van der Waals surface area (Å²) in [5.74, 6) is -0.686. The lowest BCUT2D eigenvalue weighted by molar-refractivity contribution is -0.123. The highest BCUT2D eigenvalue weighted by Crippen LogP contribution is 2.02. The topological polar surface area (TPSA) is 52.9 Å². The lowest BCUT2D eigenvalue weighted by Crippen LogP contribution is -2.37. The van der Waals surface area contributed by atoms with Gasteiger partial charge in [-0.3, -0.25) is 4.79 Å². The largest absolute Gasteiger partial charge is 0.352 e. The molecular formula is C10H18N2O. The van der Waals surface area contributed by atoms with Gasteiger partial charge in [0.15, 0.2) is 0 Å². The van der Waals surface area contributed by atoms with E-state index in [-0.39, 0.29) is 11.9 Å². The van der Waals surface area contributed by atoms with E-state index in [1.54, 1.807) is 6.92 Å². The SMILES string of the molecule is CCCC(CC)NC(=O)C(C)C#N. The Balaban J connectivity index is 3.95. The van der Waals surface area contributed by atoms with Gasteiger partial charge in [-0.1, -0.05) is 20.3 Å². The second-order valence-electron chi connectivity index (χ2n) is 3.25. The standard InChI is InChI=1S/C10H18N2O/c1-4-6-9(5-2)12-10(13)8(3)7-11/h8-9H,4-6H2,1-3H3,(H,12,13). The number of carbonyl (C=O) groups is 1. The van der Waals surface area contributed by atoms with E-state index in [0.29, 0.717) is 0 Å². The highest BCUT2D eigenvalue weighted by atomic mass is 16.1. The molecule has 2 atom stereocenters. The summed E-state index contributed by atoms with van der Waals surface area (Å²) in [6, 6.07) is 2.15. The summed E-state index contributed by atoms with van der Waals surface area (Å²) in [6.07, 6.45) is 2.97. The minimum atomic E-state index is -0.536. The molecule has 3 nitrogen and oxygen atoms in total. The fourth-order valence-electron chi connectivity index (χ4n) is 1.11. The molecular weight excluding hydrogens is 164 g/mol. The van der Waals surface area contributed by atoms with E-state index >= 15 is 0 Å². The number of carbonyl (C=O) groups excluding carboxylic acids is 1. The Hall–Kier alpha value is -1.04. The van der Waals surface area contributed by atoms with E-state index in [1.165, 1.54) is 0 Å². The minimum absolute atomic E-state index is 0.150. The summed E-state index contributed by atoms with van der Waals surface area (Å²) in [4.78, 5) is 11.3. The molecule has 0 aromatic rings. The lowest BCUT2D eigenvalue weighted by atomic mass is 10.1. The fraction of sp³-hybridized carbons (Fsp3) is 0.800. The van der Waals surface area contributed by atoms with Gasteiger partial charge in [0.1, 0.15) is 5.92 Å². The number of amides is 1. The molecule has 1 N–H and O–H groups in total. The summed E-state index contributed by atoms with van der Waals surface area (Å²) in [7, 11) is 0. The van der Waals surface area contributed by atoms with E-state index < -0.39 is 5.92 Å². The maximum Gasteiger partial charge on any atom is 0.237 e. The van der Waals surface area contributed by atoms with E-state index in [9.17, 15) is 4.79 Å². The van der Waals surface area contributed by atoms with Crippen LogP contribution >= 0.6 is 0 Å². The van der Waals surface area contributed by atoms with Gasteiger partial charge in [0, 0.05) is 6.04 Å². The van der Waals surface area contributed by atoms with Crippen LogP contribution in [0.2, 0.25) is 0 Å². The summed E-state index contributed by atoms with van der Waals surface area (Å²) in [6.45, 7) is 5.74. The number of nitriles is 1. The summed E-state index contributed by atoms with van der Waals surface area (Å²) >= 11 is 0. The van der Waals surface area contributed by atoms with E-state index in [2.05, 4.69) is 12.2 Å². The molecule has 0 aliphatic heterocycles. The van der Waals surface area contributed by atoms with Gasteiger partial charge in [0.25, 0.3) is 0 Å². The second kappa shape index (κ2) is 6.47. The van der Waals surface area contributed by atoms with Crippen molar-refractivity contribution in [1.82, 2.24) is 5.32 Å². The summed E-state index contributed by atoms with van der Waals surface area (Å²) in [5.41, 5.74) is 0. The van der Waals surface area contributed by atoms with Crippen molar-refractivity contribution in [2.75, 3.05) is 0 Å². The van der Waals surface area contributed by atoms with Crippen LogP contribution in [-0.2, 0) is 4.79 Å². The first-order chi connectivity index (χ1) is 6.15. The maximum atomic E-state index is 11.3. The Morgan fingerprint density at radius 3 is 2.54 bits per heavy atom. The summed E-state index contributed by atoms with van der Waals surface area (Å²) < 4.78 is 0. The molecule has 74 valence electrons. The third kappa shape index (κ3) is 4.51. The van der Waals surface area contributed by atoms with Gasteiger partial charge in [0.05, 0.1) is 6.07 Å². The van der Waals surface area contributed by atoms with Crippen LogP contribution < -0.4 is 5.32 Å². The van der Waals surface area contributed by atoms with Crippen LogP contribution in [0.25, 0.3) is 0 Å². The first-order valence-corrected chi connectivity index (χ1v) is 4.85. The normalized spacial score (nSPS) is 14.3. The fourth-order valence-corrected chi connectivity index (χ4v) is 1.11. The van der Waals surface area contributed by atoms with E-state index in [0.717, 1.165) is 19.3 Å². The van der Waals surface area contributed by atoms with Crippen molar-refractivity contribution in [3.05, 3.63) is 0 Å². The zero-order valence-electron chi connectivity index (χ0n) is 8.63. The molecule has 0 spiro atoms. The first kappa shape index (κ1) is 12.0. The van der Waals surface area contributed by atoms with Gasteiger partial charge in [-0.25, -0.2) is 0 Å². The lowest BCUT2D eigenvalue weighted by Gasteiger charge is -2.16. The molecule has 0 heterocycles. The first-order valence-electron chi connectivity index (χ1n) is 4.85. The van der Waals surface area contributed by atoms with Crippen molar-refractivity contribution in [3.63, 3.8) is 0 Å². The van der Waals surface area contributed by atoms with Gasteiger partial charge < -0.3 is 5.32 Å². The average molecular weight is 182 g/mol. The molecule has 1 amide bonds. The molecule has 0 aromatic heterocycles. The van der Waals surface area contributed by atoms with Crippen LogP contribution in [0, 0.1) is 17.2 Å². The Bertz CT molecular complexity index is 196. The third-order valence-corrected chi connectivity index (χ3v) is 2.06. The molecule has 0 fully saturated rings. The van der Waals surface area contributed by atoms with Crippen molar-refractivity contribution in [2.45, 2.75) is 46.1 Å². The number of nitrogens with zero attached hydrogens (tertiary/aromatic N) is 1. The van der Waals surface area contributed by atoms with Gasteiger partial charge >= 0.3 is 0 Å². The van der Waals surface area contributed by atoms with Crippen molar-refractivity contribution in [3.8, 4) is 6.07 Å². The van der Waals surface area contributed by atoms with Crippen LogP contribution in [0.4, 0.5) is 0 Å². The van der Waals surface area contributed by atoms with E-state index in [4.69, 9.17) is 5.26 Å². The van der Waals surface area contributed by atoms with Crippen molar-refractivity contribution < 1.29 is 4.79 Å². The van der Waals surface area contributed by atoms with Crippen LogP contribution in [-0.4, -0.2) is 11.9 Å². The van der Waals surface area contributed by atoms with Crippen molar-refractivity contribution >= 4 is 5.91 Å². The molecule has 2 unspecified atom stereocenters. The van der Waals surface area contributed by atoms with Gasteiger partial charge in [-0.05, 0) is 19.8 Å². The molecule has 0 aliphatic rings. The predicted octanol–water partition coefficient (Wildman–Crippen LogP) is 1.84. The zero-order chi connectivity index (χ0) is 10.3. The smallest absolute Gasteiger partial charge is 0.237 e. The zero-order valence-corrected chi connectivity index (χ0v) is 8.63. The minimum Gasteiger partial charge on any atom is -0.352 e. The molecule has 0 rings (SSSR count). The van der Waals surface area contributed by atoms with Crippen LogP contribution in [0.5, 0.6) is 0 Å². The molecule has 0 saturated heterocycles. The number of hydrogen-bond donors (Lipinski definition) is 1. The van der Waals surface area contributed by atoms with Crippen molar-refractivity contribution in [1.29, 1.82) is 5.26 Å².